The van der Waals surface area contributed by atoms with Crippen molar-refractivity contribution in [2.75, 3.05) is 0 Å². The highest BCUT2D eigenvalue weighted by Crippen LogP contribution is 2.36. The molecule has 0 atom stereocenters. The van der Waals surface area contributed by atoms with Gasteiger partial charge in [-0.25, -0.2) is 0 Å². The predicted molar refractivity (Wildman–Crippen MR) is 79.9 cm³/mol. The van der Waals surface area contributed by atoms with Crippen LogP contribution in [0.5, 0.6) is 0 Å². The van der Waals surface area contributed by atoms with Crippen molar-refractivity contribution < 1.29 is 0 Å². The summed E-state index contributed by atoms with van der Waals surface area (Å²) in [7, 11) is 0. The van der Waals surface area contributed by atoms with Crippen molar-refractivity contribution in [2.24, 2.45) is 0 Å². The molecule has 0 radical (unpaired) electrons. The lowest BCUT2D eigenvalue weighted by atomic mass is 10.2. The van der Waals surface area contributed by atoms with Gasteiger partial charge in [-0.15, -0.1) is 11.3 Å². The first-order valence-corrected chi connectivity index (χ1v) is 7.75. The van der Waals surface area contributed by atoms with Gasteiger partial charge >= 0.3 is 0 Å². The van der Waals surface area contributed by atoms with E-state index in [9.17, 15) is 0 Å². The van der Waals surface area contributed by atoms with Crippen LogP contribution in [0.15, 0.2) is 18.2 Å². The monoisotopic (exact) mass is 478 g/mol. The predicted octanol–water partition coefficient (Wildman–Crippen LogP) is 5.01. The zero-order valence-corrected chi connectivity index (χ0v) is 13.2. The summed E-state index contributed by atoms with van der Waals surface area (Å²) in [5.41, 5.74) is 1.43. The average molecular weight is 479 g/mol. The molecule has 0 nitrogen and oxygen atoms in total. The molecule has 0 saturated heterocycles. The van der Waals surface area contributed by atoms with Crippen molar-refractivity contribution in [3.05, 3.63) is 30.2 Å². The van der Waals surface area contributed by atoms with Crippen molar-refractivity contribution in [1.29, 1.82) is 0 Å². The Kier molecular flexibility index (Phi) is 3.53. The fraction of sp³-hybridized carbons (Fsp3) is 0.111. The Balaban J connectivity index is 2.86. The van der Waals surface area contributed by atoms with Crippen LogP contribution in [-0.2, 0) is 5.33 Å². The molecule has 0 bridgehead atoms. The molecular weight excluding hydrogens is 474 g/mol. The van der Waals surface area contributed by atoms with Crippen LogP contribution in [0, 0.1) is 6.45 Å². The second-order valence-corrected chi connectivity index (χ2v) is 7.16. The van der Waals surface area contributed by atoms with E-state index in [-0.39, 0.29) is 0 Å². The third kappa shape index (κ3) is 1.91. The van der Waals surface area contributed by atoms with Crippen molar-refractivity contribution in [1.82, 2.24) is 0 Å². The number of halogens is 3. The highest BCUT2D eigenvalue weighted by atomic mass is 127. The van der Waals surface area contributed by atoms with E-state index < -0.39 is 0 Å². The molecule has 13 heavy (non-hydrogen) atoms. The summed E-state index contributed by atoms with van der Waals surface area (Å²) in [4.78, 5) is 0. The zero-order valence-electron chi connectivity index (χ0n) is 6.48. The summed E-state index contributed by atoms with van der Waals surface area (Å²) < 4.78 is 4.17. The normalized spacial score (nSPS) is 11.0. The Labute approximate surface area is 117 Å². The number of fused-ring (bicyclic) bond motifs is 1. The van der Waals surface area contributed by atoms with Gasteiger partial charge in [0, 0.05) is 13.6 Å². The highest BCUT2D eigenvalue weighted by Gasteiger charge is 2.10. The van der Waals surface area contributed by atoms with E-state index in [1.165, 1.54) is 22.1 Å². The van der Waals surface area contributed by atoms with E-state index in [2.05, 4.69) is 79.3 Å². The van der Waals surface area contributed by atoms with Crippen LogP contribution >= 0.6 is 72.4 Å². The van der Waals surface area contributed by atoms with Gasteiger partial charge in [0.1, 0.15) is 0 Å². The standard InChI is InChI=1S/C9H5BrI2S/c10-4-6-5-2-1-3-7(11)8(5)13-9(6)12/h1-3H,4H2. The molecule has 1 heterocycles. The molecule has 0 amide bonds. The summed E-state index contributed by atoms with van der Waals surface area (Å²) in [5.74, 6) is 0. The van der Waals surface area contributed by atoms with E-state index in [1.807, 2.05) is 11.3 Å². The van der Waals surface area contributed by atoms with E-state index in [1.54, 1.807) is 0 Å². The summed E-state index contributed by atoms with van der Waals surface area (Å²) in [6, 6.07) is 6.49. The van der Waals surface area contributed by atoms with Crippen LogP contribution in [-0.4, -0.2) is 0 Å². The van der Waals surface area contributed by atoms with Gasteiger partial charge in [0.25, 0.3) is 0 Å². The Hall–Kier alpha value is 1.12. The van der Waals surface area contributed by atoms with E-state index in [4.69, 9.17) is 0 Å². The Morgan fingerprint density at radius 3 is 2.77 bits per heavy atom. The zero-order chi connectivity index (χ0) is 9.42. The van der Waals surface area contributed by atoms with Crippen molar-refractivity contribution in [3.8, 4) is 0 Å². The smallest absolute Gasteiger partial charge is 0.0706 e. The number of benzene rings is 1. The molecule has 0 fully saturated rings. The maximum absolute atomic E-state index is 3.53. The second kappa shape index (κ2) is 4.32. The highest BCUT2D eigenvalue weighted by molar-refractivity contribution is 14.1. The number of alkyl halides is 1. The van der Waals surface area contributed by atoms with Crippen LogP contribution in [0.1, 0.15) is 5.56 Å². The van der Waals surface area contributed by atoms with Crippen LogP contribution in [0.3, 0.4) is 0 Å². The van der Waals surface area contributed by atoms with Gasteiger partial charge in [-0.2, -0.15) is 0 Å². The van der Waals surface area contributed by atoms with Crippen molar-refractivity contribution in [3.63, 3.8) is 0 Å². The Morgan fingerprint density at radius 1 is 1.31 bits per heavy atom. The lowest BCUT2D eigenvalue weighted by Gasteiger charge is -1.94. The van der Waals surface area contributed by atoms with Gasteiger partial charge in [-0.3, -0.25) is 0 Å². The van der Waals surface area contributed by atoms with Gasteiger partial charge in [0.05, 0.1) is 2.88 Å². The van der Waals surface area contributed by atoms with Crippen molar-refractivity contribution >= 4 is 82.5 Å². The van der Waals surface area contributed by atoms with Crippen LogP contribution in [0.2, 0.25) is 0 Å². The van der Waals surface area contributed by atoms with Crippen molar-refractivity contribution in [2.45, 2.75) is 5.33 Å². The number of hydrogen-bond acceptors (Lipinski definition) is 1. The third-order valence-electron chi connectivity index (χ3n) is 1.85. The Morgan fingerprint density at radius 2 is 2.08 bits per heavy atom. The molecule has 4 heteroatoms. The first-order valence-electron chi connectivity index (χ1n) is 3.65. The maximum atomic E-state index is 3.53. The average Bonchev–Trinajstić information content (AvgIpc) is 2.43. The first kappa shape index (κ1) is 10.6. The molecule has 0 aliphatic rings. The summed E-state index contributed by atoms with van der Waals surface area (Å²) >= 11 is 10.2. The quantitative estimate of drug-likeness (QED) is 0.399. The molecule has 1 aromatic carbocycles. The number of rotatable bonds is 1. The molecule has 2 aromatic rings. The fourth-order valence-corrected chi connectivity index (χ4v) is 5.45. The lowest BCUT2D eigenvalue weighted by Crippen LogP contribution is -1.76. The SMILES string of the molecule is BrCc1c(I)sc2c(I)cccc12. The van der Waals surface area contributed by atoms with Gasteiger partial charge in [0.15, 0.2) is 0 Å². The molecule has 0 spiro atoms. The molecule has 1 aromatic heterocycles. The molecule has 2 rings (SSSR count). The summed E-state index contributed by atoms with van der Waals surface area (Å²) in [6.07, 6.45) is 0. The molecule has 0 N–H and O–H groups in total. The molecule has 0 unspecified atom stereocenters. The first-order chi connectivity index (χ1) is 6.24. The summed E-state index contributed by atoms with van der Waals surface area (Å²) in [5, 5.41) is 2.35. The lowest BCUT2D eigenvalue weighted by molar-refractivity contribution is 1.52. The van der Waals surface area contributed by atoms with Gasteiger partial charge in [-0.05, 0) is 62.2 Å². The largest absolute Gasteiger partial charge is 0.128 e. The molecule has 0 aliphatic heterocycles. The van der Waals surface area contributed by atoms with Crippen LogP contribution < -0.4 is 0 Å². The van der Waals surface area contributed by atoms with Crippen LogP contribution in [0.4, 0.5) is 0 Å². The second-order valence-electron chi connectivity index (χ2n) is 2.60. The van der Waals surface area contributed by atoms with Gasteiger partial charge < -0.3 is 0 Å². The molecule has 0 aliphatic carbocycles. The maximum Gasteiger partial charge on any atom is 0.0706 e. The minimum Gasteiger partial charge on any atom is -0.128 e. The molecular formula is C9H5BrI2S. The topological polar surface area (TPSA) is 0 Å². The molecule has 0 saturated carbocycles. The minimum absolute atomic E-state index is 0.950. The van der Waals surface area contributed by atoms with Gasteiger partial charge in [0.2, 0.25) is 0 Å². The van der Waals surface area contributed by atoms with E-state index >= 15 is 0 Å². The minimum atomic E-state index is 0.950. The number of thiophene rings is 1. The van der Waals surface area contributed by atoms with E-state index in [0.29, 0.717) is 0 Å². The molecule has 68 valence electrons. The van der Waals surface area contributed by atoms with Crippen LogP contribution in [0.25, 0.3) is 10.1 Å². The fourth-order valence-electron chi connectivity index (χ4n) is 1.23. The Bertz CT molecular complexity index is 450. The third-order valence-corrected chi connectivity index (χ3v) is 6.06. The number of hydrogen-bond donors (Lipinski definition) is 0. The summed E-state index contributed by atoms with van der Waals surface area (Å²) in [6.45, 7) is 0. The van der Waals surface area contributed by atoms with E-state index in [0.717, 1.165) is 5.33 Å². The van der Waals surface area contributed by atoms with Gasteiger partial charge in [-0.1, -0.05) is 28.1 Å².